The number of aliphatic carboxylic acids is 1. The summed E-state index contributed by atoms with van der Waals surface area (Å²) in [6.07, 6.45) is 3.67. The molecule has 1 saturated carbocycles. The molecule has 10 heteroatoms. The van der Waals surface area contributed by atoms with Crippen LogP contribution in [0, 0.1) is 11.8 Å². The zero-order valence-corrected chi connectivity index (χ0v) is 22.1. The van der Waals surface area contributed by atoms with Crippen LogP contribution in [0.5, 0.6) is 5.75 Å². The first-order valence-corrected chi connectivity index (χ1v) is 13.2. The van der Waals surface area contributed by atoms with Crippen molar-refractivity contribution in [2.24, 2.45) is 17.6 Å². The number of rotatable bonds is 6. The Morgan fingerprint density at radius 2 is 1.86 bits per heavy atom. The highest BCUT2D eigenvalue weighted by Crippen LogP contribution is 2.33. The number of hydrogen-bond acceptors (Lipinski definition) is 6. The van der Waals surface area contributed by atoms with Crippen LogP contribution in [0.3, 0.4) is 0 Å². The number of fused-ring (bicyclic) bond motifs is 13. The molecule has 10 nitrogen and oxygen atoms in total. The van der Waals surface area contributed by atoms with E-state index in [1.54, 1.807) is 0 Å². The normalized spacial score (nSPS) is 26.8. The largest absolute Gasteiger partial charge is 0.494 e. The van der Waals surface area contributed by atoms with E-state index in [0.29, 0.717) is 19.8 Å². The molecule has 1 unspecified atom stereocenters. The molecule has 2 heterocycles. The van der Waals surface area contributed by atoms with Crippen LogP contribution in [-0.4, -0.2) is 66.5 Å². The van der Waals surface area contributed by atoms with E-state index < -0.39 is 23.6 Å². The van der Waals surface area contributed by atoms with E-state index in [2.05, 4.69) is 16.0 Å². The minimum absolute atomic E-state index is 0.0774. The minimum atomic E-state index is -1.48. The topological polar surface area (TPSA) is 152 Å². The first kappa shape index (κ1) is 28.7. The molecule has 206 valence electrons. The Labute approximate surface area is 219 Å². The van der Waals surface area contributed by atoms with Crippen molar-refractivity contribution >= 4 is 17.9 Å². The van der Waals surface area contributed by atoms with Crippen LogP contribution in [-0.2, 0) is 20.7 Å². The number of nitrogens with one attached hydrogen (secondary N) is 3. The lowest BCUT2D eigenvalue weighted by molar-refractivity contribution is -0.144. The molecule has 1 fully saturated rings. The van der Waals surface area contributed by atoms with Gasteiger partial charge in [0.1, 0.15) is 17.3 Å². The van der Waals surface area contributed by atoms with Crippen molar-refractivity contribution < 1.29 is 29.0 Å². The third-order valence-electron chi connectivity index (χ3n) is 7.20. The molecule has 1 aliphatic carbocycles. The van der Waals surface area contributed by atoms with Gasteiger partial charge in [0.25, 0.3) is 0 Å². The Morgan fingerprint density at radius 1 is 1.19 bits per heavy atom. The summed E-state index contributed by atoms with van der Waals surface area (Å²) in [6, 6.07) is 5.63. The van der Waals surface area contributed by atoms with Gasteiger partial charge in [-0.05, 0) is 68.6 Å². The van der Waals surface area contributed by atoms with E-state index >= 15 is 0 Å². The fourth-order valence-electron chi connectivity index (χ4n) is 4.73. The molecule has 2 aliphatic heterocycles. The predicted molar refractivity (Wildman–Crippen MR) is 139 cm³/mol. The number of urea groups is 1. The van der Waals surface area contributed by atoms with E-state index in [1.807, 2.05) is 38.1 Å². The van der Waals surface area contributed by atoms with Gasteiger partial charge in [-0.3, -0.25) is 4.79 Å². The zero-order chi connectivity index (χ0) is 27.0. The van der Waals surface area contributed by atoms with Crippen LogP contribution >= 0.6 is 0 Å². The molecule has 2 bridgehead atoms. The minimum Gasteiger partial charge on any atom is -0.494 e. The molecule has 37 heavy (non-hydrogen) atoms. The van der Waals surface area contributed by atoms with E-state index in [-0.39, 0.29) is 42.7 Å². The maximum Gasteiger partial charge on any atom is 0.329 e. The number of carbonyl (C=O) groups is 3. The van der Waals surface area contributed by atoms with E-state index in [9.17, 15) is 19.5 Å². The summed E-state index contributed by atoms with van der Waals surface area (Å²) in [5.74, 6) is -0.500. The second-order valence-electron chi connectivity index (χ2n) is 10.9. The Bertz CT molecular complexity index is 918. The van der Waals surface area contributed by atoms with Crippen molar-refractivity contribution in [1.82, 2.24) is 16.0 Å². The summed E-state index contributed by atoms with van der Waals surface area (Å²) in [7, 11) is 0. The number of hydrogen-bond donors (Lipinski definition) is 5. The Balaban J connectivity index is 1.75. The van der Waals surface area contributed by atoms with E-state index in [1.165, 1.54) is 6.92 Å². The summed E-state index contributed by atoms with van der Waals surface area (Å²) in [6.45, 7) is 7.00. The van der Waals surface area contributed by atoms with Crippen molar-refractivity contribution in [3.8, 4) is 5.75 Å². The van der Waals surface area contributed by atoms with Crippen molar-refractivity contribution in [3.05, 3.63) is 29.8 Å². The van der Waals surface area contributed by atoms with Crippen LogP contribution < -0.4 is 26.4 Å². The lowest BCUT2D eigenvalue weighted by Crippen LogP contribution is -2.61. The Kier molecular flexibility index (Phi) is 10.2. The average Bonchev–Trinajstić information content (AvgIpc) is 2.81. The predicted octanol–water partition coefficient (Wildman–Crippen LogP) is 2.20. The number of carboxylic acids is 1. The number of carbonyl (C=O) groups excluding carboxylic acids is 2. The van der Waals surface area contributed by atoms with E-state index in [0.717, 1.165) is 37.0 Å². The third kappa shape index (κ3) is 8.60. The molecule has 0 saturated heterocycles. The van der Waals surface area contributed by atoms with Gasteiger partial charge >= 0.3 is 12.0 Å². The smallest absolute Gasteiger partial charge is 0.329 e. The van der Waals surface area contributed by atoms with Crippen LogP contribution in [0.2, 0.25) is 0 Å². The van der Waals surface area contributed by atoms with Gasteiger partial charge in [0.15, 0.2) is 0 Å². The summed E-state index contributed by atoms with van der Waals surface area (Å²) < 4.78 is 11.6. The number of ether oxygens (including phenoxy) is 2. The molecule has 3 atom stereocenters. The molecule has 3 amide bonds. The fraction of sp³-hybridized carbons (Fsp3) is 0.667. The number of amides is 3. The van der Waals surface area contributed by atoms with Crippen molar-refractivity contribution in [1.29, 1.82) is 0 Å². The molecular formula is C27H42N4O6. The van der Waals surface area contributed by atoms with Gasteiger partial charge in [0.2, 0.25) is 5.91 Å². The van der Waals surface area contributed by atoms with Gasteiger partial charge in [-0.25, -0.2) is 9.59 Å². The number of nitrogens with two attached hydrogens (primary N) is 1. The second kappa shape index (κ2) is 13.1. The summed E-state index contributed by atoms with van der Waals surface area (Å²) in [5.41, 5.74) is 5.21. The molecule has 6 N–H and O–H groups in total. The summed E-state index contributed by atoms with van der Waals surface area (Å²) in [5, 5.41) is 18.2. The molecule has 1 aromatic carbocycles. The fourth-order valence-corrected chi connectivity index (χ4v) is 4.73. The van der Waals surface area contributed by atoms with Crippen LogP contribution in [0.15, 0.2) is 24.3 Å². The average molecular weight is 519 g/mol. The van der Waals surface area contributed by atoms with Gasteiger partial charge in [-0.1, -0.05) is 26.0 Å². The van der Waals surface area contributed by atoms with Crippen molar-refractivity contribution in [2.75, 3.05) is 19.8 Å². The monoisotopic (exact) mass is 518 g/mol. The quantitative estimate of drug-likeness (QED) is 0.387. The first-order chi connectivity index (χ1) is 17.6. The van der Waals surface area contributed by atoms with Gasteiger partial charge in [0, 0.05) is 19.1 Å². The second-order valence-corrected chi connectivity index (χ2v) is 10.9. The first-order valence-electron chi connectivity index (χ1n) is 13.2. The van der Waals surface area contributed by atoms with Gasteiger partial charge < -0.3 is 36.3 Å². The summed E-state index contributed by atoms with van der Waals surface area (Å²) >= 11 is 0. The molecule has 4 rings (SSSR count). The maximum absolute atomic E-state index is 13.4. The van der Waals surface area contributed by atoms with Crippen molar-refractivity contribution in [3.63, 3.8) is 0 Å². The number of benzene rings is 1. The van der Waals surface area contributed by atoms with Crippen molar-refractivity contribution in [2.45, 2.75) is 83.0 Å². The standard InChI is InChI=1S/C27H42N4O6/c1-17(2)23-16-36-10-4-5-11-37-21-8-6-18(7-9-21)14-22(24(32)29-23)30-26(35)31-27(3,25(33)34)15-19-12-20(28)13-19/h6-9,17,19-20,22-23H,4-5,10-16,28H2,1-3H3,(H,29,32)(H,33,34)(H2,30,31,35)/t19-,20-,22-,23-,27?/m1/s1. The molecule has 0 spiro atoms. The van der Waals surface area contributed by atoms with Gasteiger partial charge in [-0.15, -0.1) is 0 Å². The molecule has 0 aromatic heterocycles. The molecule has 1 aromatic rings. The summed E-state index contributed by atoms with van der Waals surface area (Å²) in [4.78, 5) is 38.5. The van der Waals surface area contributed by atoms with E-state index in [4.69, 9.17) is 15.2 Å². The highest BCUT2D eigenvalue weighted by atomic mass is 16.5. The SMILES string of the molecule is CC(C)[C@H]1COCCCCOc2ccc(cc2)C[C@@H](NC(=O)NC(C)(C[C@H]2C[C@H](N)C2)C(=O)O)C(=O)N1. The van der Waals surface area contributed by atoms with Crippen LogP contribution in [0.1, 0.15) is 58.4 Å². The van der Waals surface area contributed by atoms with Crippen LogP contribution in [0.4, 0.5) is 4.79 Å². The number of carboxylic acid groups (broad SMARTS) is 1. The lowest BCUT2D eigenvalue weighted by atomic mass is 9.73. The zero-order valence-electron chi connectivity index (χ0n) is 22.1. The third-order valence-corrected chi connectivity index (χ3v) is 7.20. The van der Waals surface area contributed by atoms with Crippen LogP contribution in [0.25, 0.3) is 0 Å². The Hall–Kier alpha value is -2.85. The highest BCUT2D eigenvalue weighted by molar-refractivity contribution is 5.90. The Morgan fingerprint density at radius 3 is 2.49 bits per heavy atom. The van der Waals surface area contributed by atoms with Gasteiger partial charge in [-0.2, -0.15) is 0 Å². The molecule has 3 aliphatic rings. The highest BCUT2D eigenvalue weighted by Gasteiger charge is 2.41. The lowest BCUT2D eigenvalue weighted by Gasteiger charge is -2.38. The van der Waals surface area contributed by atoms with Gasteiger partial charge in [0.05, 0.1) is 19.3 Å². The molecule has 0 radical (unpaired) electrons. The molecular weight excluding hydrogens is 476 g/mol. The maximum atomic E-state index is 13.4.